The van der Waals surface area contributed by atoms with Crippen LogP contribution in [0.4, 0.5) is 0 Å². The number of thiophene rings is 1. The van der Waals surface area contributed by atoms with Crippen molar-refractivity contribution in [3.8, 4) is 5.75 Å². The second-order valence-corrected chi connectivity index (χ2v) is 4.77. The molecule has 0 bridgehead atoms. The van der Waals surface area contributed by atoms with E-state index in [1.165, 1.54) is 0 Å². The van der Waals surface area contributed by atoms with Gasteiger partial charge in [0.25, 0.3) is 0 Å². The number of nitrogens with two attached hydrogens (primary N) is 1. The smallest absolute Gasteiger partial charge is 0.137 e. The molecule has 84 valence electrons. The Kier molecular flexibility index (Phi) is 3.49. The van der Waals surface area contributed by atoms with E-state index >= 15 is 0 Å². The Morgan fingerprint density at radius 2 is 2.19 bits per heavy atom. The van der Waals surface area contributed by atoms with Crippen LogP contribution in [0.2, 0.25) is 5.02 Å². The first-order valence-corrected chi connectivity index (χ1v) is 6.10. The molecule has 2 nitrogen and oxygen atoms in total. The van der Waals surface area contributed by atoms with Crippen molar-refractivity contribution in [3.63, 3.8) is 0 Å². The number of hydrogen-bond donors (Lipinski definition) is 1. The van der Waals surface area contributed by atoms with E-state index < -0.39 is 0 Å². The van der Waals surface area contributed by atoms with Gasteiger partial charge in [-0.1, -0.05) is 23.7 Å². The predicted molar refractivity (Wildman–Crippen MR) is 68.4 cm³/mol. The molecule has 1 aromatic carbocycles. The van der Waals surface area contributed by atoms with Gasteiger partial charge in [0.2, 0.25) is 0 Å². The Balaban J connectivity index is 2.31. The Labute approximate surface area is 104 Å². The average molecular weight is 254 g/mol. The topological polar surface area (TPSA) is 35.2 Å². The summed E-state index contributed by atoms with van der Waals surface area (Å²) in [4.78, 5) is 1.13. The third-order valence-corrected chi connectivity index (χ3v) is 3.64. The first kappa shape index (κ1) is 11.5. The van der Waals surface area contributed by atoms with Gasteiger partial charge < -0.3 is 10.5 Å². The third kappa shape index (κ3) is 2.21. The van der Waals surface area contributed by atoms with Crippen LogP contribution in [0, 0.1) is 0 Å². The lowest BCUT2D eigenvalue weighted by atomic mass is 10.1. The number of rotatable bonds is 3. The number of halogens is 1. The van der Waals surface area contributed by atoms with Crippen LogP contribution >= 0.6 is 22.9 Å². The highest BCUT2D eigenvalue weighted by atomic mass is 35.5. The van der Waals surface area contributed by atoms with Crippen LogP contribution in [0.25, 0.3) is 0 Å². The molecule has 0 saturated heterocycles. The number of ether oxygens (including phenoxy) is 1. The molecule has 1 heterocycles. The molecule has 2 rings (SSSR count). The number of benzene rings is 1. The lowest BCUT2D eigenvalue weighted by molar-refractivity contribution is 0.415. The molecule has 4 heteroatoms. The highest BCUT2D eigenvalue weighted by molar-refractivity contribution is 7.10. The molecule has 0 amide bonds. The molecule has 16 heavy (non-hydrogen) atoms. The van der Waals surface area contributed by atoms with Gasteiger partial charge in [0.1, 0.15) is 5.75 Å². The standard InChI is InChI=1S/C12H12ClNOS/c1-15-10-5-4-8(7-9(10)13)12(14)11-3-2-6-16-11/h2-7,12H,14H2,1H3. The zero-order valence-corrected chi connectivity index (χ0v) is 10.4. The summed E-state index contributed by atoms with van der Waals surface area (Å²) in [5, 5.41) is 2.60. The Morgan fingerprint density at radius 1 is 1.38 bits per heavy atom. The molecule has 0 saturated carbocycles. The zero-order valence-electron chi connectivity index (χ0n) is 8.81. The van der Waals surface area contributed by atoms with Crippen molar-refractivity contribution < 1.29 is 4.74 Å². The molecule has 1 aromatic heterocycles. The molecule has 0 spiro atoms. The summed E-state index contributed by atoms with van der Waals surface area (Å²) >= 11 is 7.70. The van der Waals surface area contributed by atoms with Crippen molar-refractivity contribution >= 4 is 22.9 Å². The zero-order chi connectivity index (χ0) is 11.5. The van der Waals surface area contributed by atoms with Crippen molar-refractivity contribution in [2.45, 2.75) is 6.04 Å². The SMILES string of the molecule is COc1ccc(C(N)c2cccs2)cc1Cl. The van der Waals surface area contributed by atoms with Crippen LogP contribution in [-0.2, 0) is 0 Å². The summed E-state index contributed by atoms with van der Waals surface area (Å²) in [6.07, 6.45) is 0. The minimum absolute atomic E-state index is 0.122. The largest absolute Gasteiger partial charge is 0.495 e. The minimum atomic E-state index is -0.122. The average Bonchev–Trinajstić information content (AvgIpc) is 2.81. The molecule has 0 aliphatic carbocycles. The maximum Gasteiger partial charge on any atom is 0.137 e. The fourth-order valence-electron chi connectivity index (χ4n) is 1.51. The monoisotopic (exact) mass is 253 g/mol. The lowest BCUT2D eigenvalue weighted by Gasteiger charge is -2.11. The Morgan fingerprint density at radius 3 is 2.75 bits per heavy atom. The summed E-state index contributed by atoms with van der Waals surface area (Å²) in [6.45, 7) is 0. The molecule has 0 radical (unpaired) electrons. The third-order valence-electron chi connectivity index (χ3n) is 2.38. The van der Waals surface area contributed by atoms with Gasteiger partial charge in [-0.3, -0.25) is 0 Å². The van der Waals surface area contributed by atoms with E-state index in [9.17, 15) is 0 Å². The first-order chi connectivity index (χ1) is 7.72. The van der Waals surface area contributed by atoms with Gasteiger partial charge in [0.05, 0.1) is 18.2 Å². The number of methoxy groups -OCH3 is 1. The minimum Gasteiger partial charge on any atom is -0.495 e. The fraction of sp³-hybridized carbons (Fsp3) is 0.167. The van der Waals surface area contributed by atoms with E-state index in [1.807, 2.05) is 35.7 Å². The molecule has 2 N–H and O–H groups in total. The second-order valence-electron chi connectivity index (χ2n) is 3.39. The van der Waals surface area contributed by atoms with Crippen molar-refractivity contribution in [1.29, 1.82) is 0 Å². The van der Waals surface area contributed by atoms with Crippen molar-refractivity contribution in [3.05, 3.63) is 51.2 Å². The molecule has 0 aliphatic rings. The molecular weight excluding hydrogens is 242 g/mol. The van der Waals surface area contributed by atoms with Crippen LogP contribution in [0.5, 0.6) is 5.75 Å². The van der Waals surface area contributed by atoms with Gasteiger partial charge in [-0.15, -0.1) is 11.3 Å². The van der Waals surface area contributed by atoms with Crippen LogP contribution in [-0.4, -0.2) is 7.11 Å². The molecular formula is C12H12ClNOS. The second kappa shape index (κ2) is 4.87. The van der Waals surface area contributed by atoms with E-state index in [0.717, 1.165) is 10.4 Å². The highest BCUT2D eigenvalue weighted by Gasteiger charge is 2.11. The van der Waals surface area contributed by atoms with Gasteiger partial charge in [-0.25, -0.2) is 0 Å². The molecule has 1 atom stereocenters. The normalized spacial score (nSPS) is 12.4. The van der Waals surface area contributed by atoms with E-state index in [1.54, 1.807) is 18.4 Å². The molecule has 0 aliphatic heterocycles. The fourth-order valence-corrected chi connectivity index (χ4v) is 2.53. The van der Waals surface area contributed by atoms with Gasteiger partial charge in [0, 0.05) is 4.88 Å². The van der Waals surface area contributed by atoms with E-state index in [0.29, 0.717) is 10.8 Å². The van der Waals surface area contributed by atoms with Crippen LogP contribution < -0.4 is 10.5 Å². The Hall–Kier alpha value is -1.03. The predicted octanol–water partition coefficient (Wildman–Crippen LogP) is 3.46. The van der Waals surface area contributed by atoms with E-state index in [2.05, 4.69) is 0 Å². The summed E-state index contributed by atoms with van der Waals surface area (Å²) in [5.41, 5.74) is 7.13. The summed E-state index contributed by atoms with van der Waals surface area (Å²) < 4.78 is 5.10. The van der Waals surface area contributed by atoms with Crippen LogP contribution in [0.1, 0.15) is 16.5 Å². The summed E-state index contributed by atoms with van der Waals surface area (Å²) in [7, 11) is 1.60. The van der Waals surface area contributed by atoms with Gasteiger partial charge in [-0.2, -0.15) is 0 Å². The summed E-state index contributed by atoms with van der Waals surface area (Å²) in [5.74, 6) is 0.670. The lowest BCUT2D eigenvalue weighted by Crippen LogP contribution is -2.10. The Bertz CT molecular complexity index is 470. The molecule has 2 aromatic rings. The van der Waals surface area contributed by atoms with Crippen molar-refractivity contribution in [2.24, 2.45) is 5.73 Å². The number of hydrogen-bond acceptors (Lipinski definition) is 3. The van der Waals surface area contributed by atoms with Gasteiger partial charge >= 0.3 is 0 Å². The van der Waals surface area contributed by atoms with E-state index in [-0.39, 0.29) is 6.04 Å². The van der Waals surface area contributed by atoms with E-state index in [4.69, 9.17) is 22.1 Å². The van der Waals surface area contributed by atoms with Gasteiger partial charge in [-0.05, 0) is 29.1 Å². The maximum atomic E-state index is 6.13. The first-order valence-electron chi connectivity index (χ1n) is 4.85. The van der Waals surface area contributed by atoms with Crippen molar-refractivity contribution in [1.82, 2.24) is 0 Å². The maximum absolute atomic E-state index is 6.13. The summed E-state index contributed by atoms with van der Waals surface area (Å²) in [6, 6.07) is 9.52. The highest BCUT2D eigenvalue weighted by Crippen LogP contribution is 2.30. The molecule has 0 fully saturated rings. The van der Waals surface area contributed by atoms with Gasteiger partial charge in [0.15, 0.2) is 0 Å². The molecule has 1 unspecified atom stereocenters. The quantitative estimate of drug-likeness (QED) is 0.909. The van der Waals surface area contributed by atoms with Crippen LogP contribution in [0.15, 0.2) is 35.7 Å². The van der Waals surface area contributed by atoms with Crippen LogP contribution in [0.3, 0.4) is 0 Å². The van der Waals surface area contributed by atoms with Crippen molar-refractivity contribution in [2.75, 3.05) is 7.11 Å².